The Morgan fingerprint density at radius 1 is 1.67 bits per heavy atom. The van der Waals surface area contributed by atoms with Gasteiger partial charge in [0.2, 0.25) is 5.82 Å². The zero-order valence-electron chi connectivity index (χ0n) is 8.80. The van der Waals surface area contributed by atoms with E-state index in [2.05, 4.69) is 10.4 Å². The molecule has 1 saturated carbocycles. The third-order valence-corrected chi connectivity index (χ3v) is 2.36. The Morgan fingerprint density at radius 3 is 2.80 bits per heavy atom. The molecule has 6 nitrogen and oxygen atoms in total. The van der Waals surface area contributed by atoms with Gasteiger partial charge in [-0.15, -0.1) is 5.10 Å². The third kappa shape index (κ3) is 2.08. The van der Waals surface area contributed by atoms with E-state index in [0.29, 0.717) is 11.9 Å². The van der Waals surface area contributed by atoms with Gasteiger partial charge < -0.3 is 5.32 Å². The Labute approximate surface area is 87.4 Å². The number of anilines is 1. The average molecular weight is 210 g/mol. The highest BCUT2D eigenvalue weighted by Crippen LogP contribution is 2.30. The summed E-state index contributed by atoms with van der Waals surface area (Å²) in [5.74, 6) is 0.399. The maximum absolute atomic E-state index is 10.8. The minimum Gasteiger partial charge on any atom is -0.360 e. The summed E-state index contributed by atoms with van der Waals surface area (Å²) in [4.78, 5) is 10.4. The van der Waals surface area contributed by atoms with Crippen LogP contribution in [0.15, 0.2) is 6.20 Å². The lowest BCUT2D eigenvalue weighted by molar-refractivity contribution is -0.384. The molecule has 0 aliphatic heterocycles. The number of hydrogen-bond acceptors (Lipinski definition) is 4. The lowest BCUT2D eigenvalue weighted by Gasteiger charge is -2.02. The summed E-state index contributed by atoms with van der Waals surface area (Å²) in [5.41, 5.74) is 0.0654. The molecule has 0 amide bonds. The van der Waals surface area contributed by atoms with Gasteiger partial charge in [0, 0.05) is 12.1 Å². The molecule has 1 heterocycles. The van der Waals surface area contributed by atoms with Crippen LogP contribution >= 0.6 is 0 Å². The Bertz CT molecular complexity index is 381. The number of nitrogens with zero attached hydrogens (tertiary/aromatic N) is 3. The van der Waals surface area contributed by atoms with Gasteiger partial charge in [-0.05, 0) is 26.7 Å². The first-order valence-corrected chi connectivity index (χ1v) is 5.08. The van der Waals surface area contributed by atoms with E-state index in [-0.39, 0.29) is 11.7 Å². The van der Waals surface area contributed by atoms with Gasteiger partial charge in [-0.25, -0.2) is 0 Å². The van der Waals surface area contributed by atoms with E-state index >= 15 is 0 Å². The van der Waals surface area contributed by atoms with Crippen molar-refractivity contribution in [2.24, 2.45) is 0 Å². The number of aromatic nitrogens is 2. The fraction of sp³-hybridized carbons (Fsp3) is 0.667. The van der Waals surface area contributed by atoms with Crippen molar-refractivity contribution in [3.63, 3.8) is 0 Å². The largest absolute Gasteiger partial charge is 0.360 e. The summed E-state index contributed by atoms with van der Waals surface area (Å²) < 4.78 is 1.61. The second kappa shape index (κ2) is 3.52. The highest BCUT2D eigenvalue weighted by atomic mass is 16.6. The Kier molecular flexibility index (Phi) is 2.34. The van der Waals surface area contributed by atoms with Crippen LogP contribution in [0, 0.1) is 10.1 Å². The van der Waals surface area contributed by atoms with Gasteiger partial charge in [-0.3, -0.25) is 14.8 Å². The van der Waals surface area contributed by atoms with Crippen molar-refractivity contribution < 1.29 is 4.92 Å². The van der Waals surface area contributed by atoms with Gasteiger partial charge in [-0.2, -0.15) is 0 Å². The van der Waals surface area contributed by atoms with Crippen molar-refractivity contribution in [3.05, 3.63) is 16.3 Å². The molecular weight excluding hydrogens is 196 g/mol. The van der Waals surface area contributed by atoms with Crippen LogP contribution in [-0.2, 0) is 0 Å². The normalized spacial score (nSPS) is 15.7. The van der Waals surface area contributed by atoms with Gasteiger partial charge in [0.25, 0.3) is 0 Å². The molecule has 0 unspecified atom stereocenters. The van der Waals surface area contributed by atoms with Gasteiger partial charge >= 0.3 is 5.69 Å². The van der Waals surface area contributed by atoms with Crippen molar-refractivity contribution in [1.82, 2.24) is 9.78 Å². The second-order valence-corrected chi connectivity index (χ2v) is 4.11. The van der Waals surface area contributed by atoms with E-state index in [1.165, 1.54) is 6.20 Å². The molecule has 0 spiro atoms. The van der Waals surface area contributed by atoms with Crippen LogP contribution < -0.4 is 5.32 Å². The summed E-state index contributed by atoms with van der Waals surface area (Å²) in [5, 5.41) is 18.0. The van der Waals surface area contributed by atoms with Gasteiger partial charge in [-0.1, -0.05) is 0 Å². The summed E-state index contributed by atoms with van der Waals surface area (Å²) in [6.07, 6.45) is 3.63. The molecular formula is C9H14N4O2. The minimum absolute atomic E-state index is 0.0654. The summed E-state index contributed by atoms with van der Waals surface area (Å²) >= 11 is 0. The molecule has 0 aromatic carbocycles. The van der Waals surface area contributed by atoms with Crippen LogP contribution in [0.1, 0.15) is 32.7 Å². The highest BCUT2D eigenvalue weighted by Gasteiger charge is 2.27. The monoisotopic (exact) mass is 210 g/mol. The van der Waals surface area contributed by atoms with Crippen LogP contribution in [0.5, 0.6) is 0 Å². The smallest absolute Gasteiger partial charge is 0.330 e. The fourth-order valence-corrected chi connectivity index (χ4v) is 1.30. The molecule has 1 N–H and O–H groups in total. The molecule has 1 fully saturated rings. The van der Waals surface area contributed by atoms with Crippen LogP contribution in [0.2, 0.25) is 0 Å². The quantitative estimate of drug-likeness (QED) is 0.608. The third-order valence-electron chi connectivity index (χ3n) is 2.36. The number of nitro groups is 1. The topological polar surface area (TPSA) is 73.0 Å². The van der Waals surface area contributed by atoms with Crippen LogP contribution in [-0.4, -0.2) is 20.7 Å². The molecule has 1 aliphatic rings. The summed E-state index contributed by atoms with van der Waals surface area (Å²) in [6.45, 7) is 3.88. The molecule has 6 heteroatoms. The van der Waals surface area contributed by atoms with Crippen molar-refractivity contribution in [2.75, 3.05) is 5.32 Å². The van der Waals surface area contributed by atoms with Gasteiger partial charge in [0.05, 0.1) is 4.92 Å². The molecule has 0 atom stereocenters. The van der Waals surface area contributed by atoms with Gasteiger partial charge in [0.15, 0.2) is 0 Å². The van der Waals surface area contributed by atoms with E-state index < -0.39 is 4.92 Å². The predicted molar refractivity (Wildman–Crippen MR) is 55.9 cm³/mol. The lowest BCUT2D eigenvalue weighted by atomic mass is 10.4. The predicted octanol–water partition coefficient (Wildman–Crippen LogP) is 1.95. The maximum atomic E-state index is 10.8. The minimum atomic E-state index is -0.392. The van der Waals surface area contributed by atoms with Gasteiger partial charge in [0.1, 0.15) is 6.20 Å². The van der Waals surface area contributed by atoms with E-state index in [1.807, 2.05) is 13.8 Å². The summed E-state index contributed by atoms with van der Waals surface area (Å²) in [6, 6.07) is 0.512. The second-order valence-electron chi connectivity index (χ2n) is 4.11. The zero-order valence-corrected chi connectivity index (χ0v) is 8.80. The molecule has 0 bridgehead atoms. The molecule has 1 aromatic heterocycles. The van der Waals surface area contributed by atoms with Crippen LogP contribution in [0.25, 0.3) is 0 Å². The molecule has 15 heavy (non-hydrogen) atoms. The molecule has 0 saturated heterocycles. The molecule has 2 rings (SSSR count). The maximum Gasteiger partial charge on any atom is 0.330 e. The van der Waals surface area contributed by atoms with Crippen LogP contribution in [0.3, 0.4) is 0 Å². The first kappa shape index (κ1) is 9.95. The lowest BCUT2D eigenvalue weighted by Crippen LogP contribution is -2.05. The first-order chi connectivity index (χ1) is 7.08. The van der Waals surface area contributed by atoms with E-state index in [0.717, 1.165) is 12.8 Å². The van der Waals surface area contributed by atoms with Crippen molar-refractivity contribution in [1.29, 1.82) is 0 Å². The van der Waals surface area contributed by atoms with Crippen molar-refractivity contribution >= 4 is 11.5 Å². The molecule has 1 aromatic rings. The standard InChI is InChI=1S/C9H14N4O2/c1-6(2)12-5-8(13(14)15)9(11-12)10-7-3-4-7/h5-7H,3-4H2,1-2H3,(H,10,11). The fourth-order valence-electron chi connectivity index (χ4n) is 1.30. The average Bonchev–Trinajstić information content (AvgIpc) is 2.82. The highest BCUT2D eigenvalue weighted by molar-refractivity contribution is 5.55. The van der Waals surface area contributed by atoms with Crippen molar-refractivity contribution in [2.45, 2.75) is 38.8 Å². The molecule has 1 aliphatic carbocycles. The van der Waals surface area contributed by atoms with E-state index in [4.69, 9.17) is 0 Å². The summed E-state index contributed by atoms with van der Waals surface area (Å²) in [7, 11) is 0. The number of nitrogens with one attached hydrogen (secondary N) is 1. The van der Waals surface area contributed by atoms with E-state index in [9.17, 15) is 10.1 Å². The van der Waals surface area contributed by atoms with Crippen molar-refractivity contribution in [3.8, 4) is 0 Å². The zero-order chi connectivity index (χ0) is 11.0. The Morgan fingerprint density at radius 2 is 2.33 bits per heavy atom. The van der Waals surface area contributed by atoms with E-state index in [1.54, 1.807) is 4.68 Å². The SMILES string of the molecule is CC(C)n1cc([N+](=O)[O-])c(NC2CC2)n1. The Balaban J connectivity index is 2.27. The van der Waals surface area contributed by atoms with Crippen LogP contribution in [0.4, 0.5) is 11.5 Å². The number of rotatable bonds is 4. The molecule has 82 valence electrons. The first-order valence-electron chi connectivity index (χ1n) is 5.08. The molecule has 0 radical (unpaired) electrons. The Hall–Kier alpha value is -1.59. The number of hydrogen-bond donors (Lipinski definition) is 1.